The molecule has 6 heteroatoms. The van der Waals surface area contributed by atoms with E-state index in [-0.39, 0.29) is 23.1 Å². The summed E-state index contributed by atoms with van der Waals surface area (Å²) in [6.07, 6.45) is 3.62. The Kier molecular flexibility index (Phi) is 3.30. The average Bonchev–Trinajstić information content (AvgIpc) is 2.60. The minimum atomic E-state index is -4.08. The Morgan fingerprint density at radius 2 is 2.16 bits per heavy atom. The van der Waals surface area contributed by atoms with E-state index >= 15 is 0 Å². The number of carbonyl (C=O) groups is 1. The fourth-order valence-corrected chi connectivity index (χ4v) is 5.55. The summed E-state index contributed by atoms with van der Waals surface area (Å²) in [4.78, 5) is 11.5. The molecule has 2 N–H and O–H groups in total. The molecule has 0 aromatic rings. The van der Waals surface area contributed by atoms with Crippen LogP contribution in [0.25, 0.3) is 0 Å². The molecule has 108 valence electrons. The van der Waals surface area contributed by atoms with Gasteiger partial charge in [0.15, 0.2) is 0 Å². The van der Waals surface area contributed by atoms with Crippen molar-refractivity contribution in [3.8, 4) is 0 Å². The van der Waals surface area contributed by atoms with Crippen molar-refractivity contribution in [3.05, 3.63) is 12.7 Å². The van der Waals surface area contributed by atoms with Crippen molar-refractivity contribution in [1.29, 1.82) is 0 Å². The number of amides is 1. The molecule has 2 fully saturated rings. The van der Waals surface area contributed by atoms with Crippen molar-refractivity contribution < 1.29 is 17.8 Å². The number of fused-ring (bicyclic) bond motifs is 2. The highest BCUT2D eigenvalue weighted by Gasteiger charge is 2.65. The maximum atomic E-state index is 11.5. The first-order valence-electron chi connectivity index (χ1n) is 6.50. The number of nitrogens with one attached hydrogen (secondary N) is 1. The van der Waals surface area contributed by atoms with Gasteiger partial charge >= 0.3 is 0 Å². The SMILES string of the molecule is C=CC(=O)NC1CC2CCC1(CS(=O)(=O)O)C2(C)C. The Morgan fingerprint density at radius 3 is 2.63 bits per heavy atom. The highest BCUT2D eigenvalue weighted by Crippen LogP contribution is 2.66. The molecule has 1 amide bonds. The van der Waals surface area contributed by atoms with Crippen LogP contribution in [0.1, 0.15) is 33.1 Å². The van der Waals surface area contributed by atoms with Gasteiger partial charge in [-0.1, -0.05) is 20.4 Å². The molecule has 19 heavy (non-hydrogen) atoms. The average molecular weight is 287 g/mol. The van der Waals surface area contributed by atoms with Gasteiger partial charge in [0.05, 0.1) is 5.75 Å². The Balaban J connectivity index is 2.36. The van der Waals surface area contributed by atoms with Crippen LogP contribution in [0.4, 0.5) is 0 Å². The number of rotatable bonds is 4. The van der Waals surface area contributed by atoms with Gasteiger partial charge in [0, 0.05) is 11.5 Å². The van der Waals surface area contributed by atoms with Gasteiger partial charge in [-0.25, -0.2) is 0 Å². The molecule has 0 aromatic carbocycles. The number of carbonyl (C=O) groups excluding carboxylic acids is 1. The van der Waals surface area contributed by atoms with Gasteiger partial charge in [-0.05, 0) is 36.7 Å². The van der Waals surface area contributed by atoms with Crippen molar-refractivity contribution in [3.63, 3.8) is 0 Å². The molecule has 2 bridgehead atoms. The molecule has 0 spiro atoms. The van der Waals surface area contributed by atoms with E-state index in [1.165, 1.54) is 6.08 Å². The maximum absolute atomic E-state index is 11.5. The molecule has 5 nitrogen and oxygen atoms in total. The van der Waals surface area contributed by atoms with E-state index in [2.05, 4.69) is 11.9 Å². The van der Waals surface area contributed by atoms with Gasteiger partial charge in [-0.3, -0.25) is 9.35 Å². The maximum Gasteiger partial charge on any atom is 0.265 e. The van der Waals surface area contributed by atoms with Crippen LogP contribution in [0.5, 0.6) is 0 Å². The van der Waals surface area contributed by atoms with Gasteiger partial charge < -0.3 is 5.32 Å². The zero-order valence-electron chi connectivity index (χ0n) is 11.3. The molecule has 3 unspecified atom stereocenters. The molecule has 3 atom stereocenters. The number of hydrogen-bond acceptors (Lipinski definition) is 3. The molecule has 0 aliphatic heterocycles. The van der Waals surface area contributed by atoms with Crippen LogP contribution in [0.2, 0.25) is 0 Å². The van der Waals surface area contributed by atoms with Gasteiger partial charge in [0.25, 0.3) is 10.1 Å². The summed E-state index contributed by atoms with van der Waals surface area (Å²) in [6, 6.07) is -0.214. The Morgan fingerprint density at radius 1 is 1.53 bits per heavy atom. The third-order valence-corrected chi connectivity index (χ3v) is 6.25. The first-order valence-corrected chi connectivity index (χ1v) is 8.11. The lowest BCUT2D eigenvalue weighted by Crippen LogP contribution is -2.51. The molecular formula is C13H21NO4S. The molecular weight excluding hydrogens is 266 g/mol. The third-order valence-electron chi connectivity index (χ3n) is 5.37. The van der Waals surface area contributed by atoms with Crippen LogP contribution >= 0.6 is 0 Å². The van der Waals surface area contributed by atoms with E-state index in [0.29, 0.717) is 12.3 Å². The zero-order chi connectivity index (χ0) is 14.5. The summed E-state index contributed by atoms with van der Waals surface area (Å²) in [7, 11) is -4.08. The lowest BCUT2D eigenvalue weighted by molar-refractivity contribution is -0.118. The molecule has 2 saturated carbocycles. The van der Waals surface area contributed by atoms with Crippen molar-refractivity contribution >= 4 is 16.0 Å². The first-order chi connectivity index (χ1) is 8.62. The highest BCUT2D eigenvalue weighted by molar-refractivity contribution is 7.85. The lowest BCUT2D eigenvalue weighted by atomic mass is 9.69. The smallest absolute Gasteiger partial charge is 0.265 e. The predicted molar refractivity (Wildman–Crippen MR) is 72.1 cm³/mol. The molecule has 2 aliphatic rings. The Labute approximate surface area is 114 Å². The topological polar surface area (TPSA) is 83.5 Å². The van der Waals surface area contributed by atoms with Crippen LogP contribution in [-0.4, -0.2) is 30.7 Å². The van der Waals surface area contributed by atoms with Crippen LogP contribution in [-0.2, 0) is 14.9 Å². The Bertz CT molecular complexity index is 511. The van der Waals surface area contributed by atoms with Crippen LogP contribution in [0.3, 0.4) is 0 Å². The predicted octanol–water partition coefficient (Wildman–Crippen LogP) is 1.37. The van der Waals surface area contributed by atoms with Crippen molar-refractivity contribution in [1.82, 2.24) is 5.32 Å². The molecule has 0 heterocycles. The van der Waals surface area contributed by atoms with Crippen LogP contribution in [0, 0.1) is 16.7 Å². The standard InChI is InChI=1S/C13H21NO4S/c1-4-11(15)14-10-7-9-5-6-13(10,12(9,2)3)8-19(16,17)18/h4,9-10H,1,5-8H2,2-3H3,(H,14,15)(H,16,17,18). The lowest BCUT2D eigenvalue weighted by Gasteiger charge is -2.41. The van der Waals surface area contributed by atoms with Gasteiger partial charge in [-0.2, -0.15) is 8.42 Å². The van der Waals surface area contributed by atoms with Crippen molar-refractivity contribution in [2.75, 3.05) is 5.75 Å². The Hall–Kier alpha value is -0.880. The van der Waals surface area contributed by atoms with E-state index in [1.54, 1.807) is 0 Å². The second kappa shape index (κ2) is 4.31. The summed E-state index contributed by atoms with van der Waals surface area (Å²) in [5, 5.41) is 2.85. The van der Waals surface area contributed by atoms with Gasteiger partial charge in [0.1, 0.15) is 0 Å². The molecule has 2 rings (SSSR count). The van der Waals surface area contributed by atoms with Gasteiger partial charge in [0.2, 0.25) is 5.91 Å². The molecule has 0 saturated heterocycles. The fourth-order valence-electron chi connectivity index (χ4n) is 4.18. The van der Waals surface area contributed by atoms with E-state index in [1.807, 2.05) is 13.8 Å². The van der Waals surface area contributed by atoms with Crippen molar-refractivity contribution in [2.24, 2.45) is 16.7 Å². The summed E-state index contributed by atoms with van der Waals surface area (Å²) in [6.45, 7) is 7.49. The summed E-state index contributed by atoms with van der Waals surface area (Å²) < 4.78 is 32.0. The fraction of sp³-hybridized carbons (Fsp3) is 0.769. The second-order valence-electron chi connectivity index (χ2n) is 6.34. The van der Waals surface area contributed by atoms with Crippen LogP contribution < -0.4 is 5.32 Å². The van der Waals surface area contributed by atoms with E-state index in [0.717, 1.165) is 12.8 Å². The minimum absolute atomic E-state index is 0.206. The first kappa shape index (κ1) is 14.5. The molecule has 0 radical (unpaired) electrons. The number of hydrogen-bond donors (Lipinski definition) is 2. The molecule has 2 aliphatic carbocycles. The summed E-state index contributed by atoms with van der Waals surface area (Å²) in [5.41, 5.74) is -0.786. The van der Waals surface area contributed by atoms with Crippen LogP contribution in [0.15, 0.2) is 12.7 Å². The highest BCUT2D eigenvalue weighted by atomic mass is 32.2. The van der Waals surface area contributed by atoms with Crippen molar-refractivity contribution in [2.45, 2.75) is 39.2 Å². The summed E-state index contributed by atoms with van der Waals surface area (Å²) >= 11 is 0. The zero-order valence-corrected chi connectivity index (χ0v) is 12.2. The third kappa shape index (κ3) is 2.21. The molecule has 0 aromatic heterocycles. The van der Waals surface area contributed by atoms with Gasteiger partial charge in [-0.15, -0.1) is 0 Å². The largest absolute Gasteiger partial charge is 0.349 e. The summed E-state index contributed by atoms with van der Waals surface area (Å²) in [5.74, 6) is -0.196. The van der Waals surface area contributed by atoms with E-state index < -0.39 is 15.5 Å². The quantitative estimate of drug-likeness (QED) is 0.604. The van der Waals surface area contributed by atoms with E-state index in [4.69, 9.17) is 0 Å². The monoisotopic (exact) mass is 287 g/mol. The normalized spacial score (nSPS) is 36.2. The minimum Gasteiger partial charge on any atom is -0.349 e. The van der Waals surface area contributed by atoms with E-state index in [9.17, 15) is 17.8 Å². The second-order valence-corrected chi connectivity index (χ2v) is 7.79.